The van der Waals surface area contributed by atoms with Crippen LogP contribution in [0.25, 0.3) is 0 Å². The first-order chi connectivity index (χ1) is 8.16. The van der Waals surface area contributed by atoms with Crippen LogP contribution in [0.15, 0.2) is 0 Å². The molecule has 100 valence electrons. The molecular formula is C12H24N2O3. The van der Waals surface area contributed by atoms with Gasteiger partial charge in [-0.1, -0.05) is 13.3 Å². The Morgan fingerprint density at radius 3 is 2.24 bits per heavy atom. The maximum atomic E-state index is 11.1. The van der Waals surface area contributed by atoms with E-state index in [2.05, 4.69) is 17.6 Å². The van der Waals surface area contributed by atoms with Crippen molar-refractivity contribution >= 4 is 12.0 Å². The van der Waals surface area contributed by atoms with Crippen LogP contribution < -0.4 is 10.6 Å². The van der Waals surface area contributed by atoms with Gasteiger partial charge < -0.3 is 15.4 Å². The lowest BCUT2D eigenvalue weighted by atomic mass is 10.2. The molecule has 0 heterocycles. The van der Waals surface area contributed by atoms with Crippen LogP contribution in [0.1, 0.15) is 46.0 Å². The lowest BCUT2D eigenvalue weighted by Crippen LogP contribution is -2.26. The Morgan fingerprint density at radius 2 is 1.65 bits per heavy atom. The third-order valence-electron chi connectivity index (χ3n) is 2.23. The van der Waals surface area contributed by atoms with Crippen molar-refractivity contribution in [3.05, 3.63) is 0 Å². The van der Waals surface area contributed by atoms with Gasteiger partial charge in [0.15, 0.2) is 0 Å². The van der Waals surface area contributed by atoms with Crippen LogP contribution in [0, 0.1) is 0 Å². The Bertz CT molecular complexity index is 220. The van der Waals surface area contributed by atoms with Crippen LogP contribution in [-0.4, -0.2) is 31.7 Å². The van der Waals surface area contributed by atoms with Gasteiger partial charge in [-0.3, -0.25) is 4.79 Å². The molecular weight excluding hydrogens is 220 g/mol. The molecule has 0 atom stereocenters. The average Bonchev–Trinajstić information content (AvgIpc) is 2.28. The Kier molecular flexibility index (Phi) is 10.4. The minimum absolute atomic E-state index is 0.00243. The zero-order chi connectivity index (χ0) is 12.9. The van der Waals surface area contributed by atoms with E-state index in [1.807, 2.05) is 0 Å². The molecule has 0 radical (unpaired) electrons. The van der Waals surface area contributed by atoms with E-state index in [1.165, 1.54) is 6.92 Å². The first-order valence-corrected chi connectivity index (χ1v) is 6.32. The minimum atomic E-state index is -0.333. The fraction of sp³-hybridized carbons (Fsp3) is 0.833. The maximum absolute atomic E-state index is 11.1. The van der Waals surface area contributed by atoms with E-state index in [0.717, 1.165) is 32.1 Å². The molecule has 0 aromatic heterocycles. The second kappa shape index (κ2) is 11.2. The molecule has 0 bridgehead atoms. The van der Waals surface area contributed by atoms with Gasteiger partial charge in [0.25, 0.3) is 0 Å². The van der Waals surface area contributed by atoms with E-state index in [1.54, 1.807) is 0 Å². The summed E-state index contributed by atoms with van der Waals surface area (Å²) in [6.07, 6.45) is 4.42. The smallest absolute Gasteiger partial charge is 0.407 e. The number of amides is 2. The number of carbonyl (C=O) groups is 2. The highest BCUT2D eigenvalue weighted by Crippen LogP contribution is 1.93. The number of ether oxygens (including phenoxy) is 1. The molecule has 0 aromatic carbocycles. The van der Waals surface area contributed by atoms with Gasteiger partial charge in [0.2, 0.25) is 5.91 Å². The highest BCUT2D eigenvalue weighted by atomic mass is 16.5. The minimum Gasteiger partial charge on any atom is -0.450 e. The highest BCUT2D eigenvalue weighted by Gasteiger charge is 1.99. The molecule has 0 aliphatic carbocycles. The van der Waals surface area contributed by atoms with Gasteiger partial charge in [-0.15, -0.1) is 0 Å². The summed E-state index contributed by atoms with van der Waals surface area (Å²) in [6.45, 7) is 5.39. The van der Waals surface area contributed by atoms with Crippen LogP contribution in [0.5, 0.6) is 0 Å². The predicted molar refractivity (Wildman–Crippen MR) is 66.8 cm³/mol. The normalized spacial score (nSPS) is 9.76. The second-order valence-electron chi connectivity index (χ2n) is 3.96. The number of nitrogens with one attached hydrogen (secondary N) is 2. The Hall–Kier alpha value is -1.26. The number of rotatable bonds is 9. The molecule has 0 aromatic rings. The van der Waals surface area contributed by atoms with Gasteiger partial charge in [-0.25, -0.2) is 4.79 Å². The molecule has 5 heteroatoms. The Morgan fingerprint density at radius 1 is 1.00 bits per heavy atom. The molecule has 0 unspecified atom stereocenters. The summed E-state index contributed by atoms with van der Waals surface area (Å²) in [4.78, 5) is 21.7. The van der Waals surface area contributed by atoms with Crippen molar-refractivity contribution in [2.75, 3.05) is 19.7 Å². The average molecular weight is 244 g/mol. The topological polar surface area (TPSA) is 67.4 Å². The molecule has 0 saturated carbocycles. The summed E-state index contributed by atoms with van der Waals surface area (Å²) >= 11 is 0. The number of hydrogen-bond donors (Lipinski definition) is 2. The molecule has 0 fully saturated rings. The zero-order valence-electron chi connectivity index (χ0n) is 10.9. The third kappa shape index (κ3) is 12.7. The third-order valence-corrected chi connectivity index (χ3v) is 2.23. The van der Waals surface area contributed by atoms with Crippen molar-refractivity contribution in [3.63, 3.8) is 0 Å². The van der Waals surface area contributed by atoms with Crippen LogP contribution in [-0.2, 0) is 9.53 Å². The standard InChI is InChI=1S/C12H24N2O3/c1-3-4-10-17-12(16)14-9-7-5-6-8-13-11(2)15/h3-10H2,1-2H3,(H,13,15)(H,14,16). The van der Waals surface area contributed by atoms with Gasteiger partial charge >= 0.3 is 6.09 Å². The Labute approximate surface area is 103 Å². The van der Waals surface area contributed by atoms with E-state index in [4.69, 9.17) is 4.74 Å². The van der Waals surface area contributed by atoms with E-state index in [-0.39, 0.29) is 12.0 Å². The van der Waals surface area contributed by atoms with Gasteiger partial charge in [0.05, 0.1) is 6.61 Å². The van der Waals surface area contributed by atoms with E-state index in [9.17, 15) is 9.59 Å². The molecule has 0 aliphatic heterocycles. The lowest BCUT2D eigenvalue weighted by molar-refractivity contribution is -0.118. The van der Waals surface area contributed by atoms with E-state index in [0.29, 0.717) is 19.7 Å². The van der Waals surface area contributed by atoms with Gasteiger partial charge in [-0.2, -0.15) is 0 Å². The maximum Gasteiger partial charge on any atom is 0.407 e. The van der Waals surface area contributed by atoms with Crippen molar-refractivity contribution < 1.29 is 14.3 Å². The van der Waals surface area contributed by atoms with E-state index < -0.39 is 0 Å². The van der Waals surface area contributed by atoms with Crippen LogP contribution >= 0.6 is 0 Å². The lowest BCUT2D eigenvalue weighted by Gasteiger charge is -2.06. The Balaban J connectivity index is 3.16. The molecule has 0 rings (SSSR count). The largest absolute Gasteiger partial charge is 0.450 e. The first-order valence-electron chi connectivity index (χ1n) is 6.32. The van der Waals surface area contributed by atoms with Crippen molar-refractivity contribution in [1.82, 2.24) is 10.6 Å². The summed E-state index contributed by atoms with van der Waals surface area (Å²) in [7, 11) is 0. The molecule has 2 amide bonds. The summed E-state index contributed by atoms with van der Waals surface area (Å²) in [5, 5.41) is 5.42. The summed E-state index contributed by atoms with van der Waals surface area (Å²) in [6, 6.07) is 0. The number of hydrogen-bond acceptors (Lipinski definition) is 3. The van der Waals surface area contributed by atoms with Crippen molar-refractivity contribution in [2.45, 2.75) is 46.0 Å². The van der Waals surface area contributed by atoms with E-state index >= 15 is 0 Å². The molecule has 5 nitrogen and oxygen atoms in total. The summed E-state index contributed by atoms with van der Waals surface area (Å²) in [5.41, 5.74) is 0. The summed E-state index contributed by atoms with van der Waals surface area (Å²) < 4.78 is 4.93. The molecule has 2 N–H and O–H groups in total. The quantitative estimate of drug-likeness (QED) is 0.608. The second-order valence-corrected chi connectivity index (χ2v) is 3.96. The molecule has 17 heavy (non-hydrogen) atoms. The zero-order valence-corrected chi connectivity index (χ0v) is 10.9. The van der Waals surface area contributed by atoms with Crippen LogP contribution in [0.3, 0.4) is 0 Å². The molecule has 0 spiro atoms. The van der Waals surface area contributed by atoms with Crippen LogP contribution in [0.2, 0.25) is 0 Å². The number of unbranched alkanes of at least 4 members (excludes halogenated alkanes) is 3. The summed E-state index contributed by atoms with van der Waals surface area (Å²) in [5.74, 6) is 0.00243. The fourth-order valence-electron chi connectivity index (χ4n) is 1.24. The number of alkyl carbamates (subject to hydrolysis) is 1. The van der Waals surface area contributed by atoms with Crippen molar-refractivity contribution in [2.24, 2.45) is 0 Å². The highest BCUT2D eigenvalue weighted by molar-refractivity contribution is 5.72. The van der Waals surface area contributed by atoms with Gasteiger partial charge in [-0.05, 0) is 25.7 Å². The first kappa shape index (κ1) is 15.7. The van der Waals surface area contributed by atoms with Crippen LogP contribution in [0.4, 0.5) is 4.79 Å². The predicted octanol–water partition coefficient (Wildman–Crippen LogP) is 1.82. The molecule has 0 saturated heterocycles. The van der Waals surface area contributed by atoms with Crippen molar-refractivity contribution in [3.8, 4) is 0 Å². The van der Waals surface area contributed by atoms with Crippen molar-refractivity contribution in [1.29, 1.82) is 0 Å². The molecule has 0 aliphatic rings. The fourth-order valence-corrected chi connectivity index (χ4v) is 1.24. The van der Waals surface area contributed by atoms with Gasteiger partial charge in [0.1, 0.15) is 0 Å². The van der Waals surface area contributed by atoms with Gasteiger partial charge in [0, 0.05) is 20.0 Å². The SMILES string of the molecule is CCCCOC(=O)NCCCCCNC(C)=O. The monoisotopic (exact) mass is 244 g/mol. The number of carbonyl (C=O) groups excluding carboxylic acids is 2.